The van der Waals surface area contributed by atoms with Gasteiger partial charge in [0, 0.05) is 25.7 Å². The molecule has 1 aromatic rings. The number of hydrogen-bond donors (Lipinski definition) is 2. The molecule has 3 N–H and O–H groups in total. The predicted octanol–water partition coefficient (Wildman–Crippen LogP) is 1.45. The highest BCUT2D eigenvalue weighted by atomic mass is 32.1. The zero-order chi connectivity index (χ0) is 13.2. The lowest BCUT2D eigenvalue weighted by Gasteiger charge is -2.19. The van der Waals surface area contributed by atoms with Gasteiger partial charge in [-0.05, 0) is 25.3 Å². The van der Waals surface area contributed by atoms with E-state index >= 15 is 0 Å². The summed E-state index contributed by atoms with van der Waals surface area (Å²) in [5, 5.41) is 4.06. The summed E-state index contributed by atoms with van der Waals surface area (Å²) in [7, 11) is 0. The minimum atomic E-state index is -0.0256. The highest BCUT2D eigenvalue weighted by Crippen LogP contribution is 2.33. The van der Waals surface area contributed by atoms with Gasteiger partial charge in [0.25, 0.3) is 5.91 Å². The second-order valence-electron chi connectivity index (χ2n) is 5.07. The molecule has 0 bridgehead atoms. The first kappa shape index (κ1) is 12.7. The van der Waals surface area contributed by atoms with E-state index in [1.807, 2.05) is 6.07 Å². The maximum Gasteiger partial charge on any atom is 0.263 e. The number of nitrogens with zero attached hydrogens (tertiary/aromatic N) is 1. The van der Waals surface area contributed by atoms with E-state index in [1.165, 1.54) is 11.3 Å². The minimum Gasteiger partial charge on any atom is -0.397 e. The molecule has 1 saturated carbocycles. The normalized spacial score (nSPS) is 20.1. The summed E-state index contributed by atoms with van der Waals surface area (Å²) in [4.78, 5) is 15.0. The van der Waals surface area contributed by atoms with Crippen LogP contribution < -0.4 is 16.0 Å². The van der Waals surface area contributed by atoms with Crippen molar-refractivity contribution in [2.24, 2.45) is 0 Å². The number of rotatable bonds is 3. The molecule has 0 radical (unpaired) electrons. The van der Waals surface area contributed by atoms with Crippen LogP contribution in [0.15, 0.2) is 6.07 Å². The van der Waals surface area contributed by atoms with Crippen LogP contribution in [-0.4, -0.2) is 38.3 Å². The maximum absolute atomic E-state index is 12.1. The van der Waals surface area contributed by atoms with E-state index in [0.717, 1.165) is 50.6 Å². The number of nitrogens with one attached hydrogen (secondary N) is 1. The molecule has 1 amide bonds. The van der Waals surface area contributed by atoms with Crippen molar-refractivity contribution in [1.82, 2.24) is 5.32 Å². The number of nitrogens with two attached hydrogens (primary N) is 1. The van der Waals surface area contributed by atoms with E-state index < -0.39 is 0 Å². The van der Waals surface area contributed by atoms with Crippen molar-refractivity contribution in [2.45, 2.75) is 25.3 Å². The second kappa shape index (κ2) is 5.38. The van der Waals surface area contributed by atoms with Crippen LogP contribution in [0.4, 0.5) is 10.7 Å². The Kier molecular flexibility index (Phi) is 3.61. The van der Waals surface area contributed by atoms with Gasteiger partial charge in [-0.2, -0.15) is 0 Å². The molecular formula is C13H19N3O2S. The van der Waals surface area contributed by atoms with Gasteiger partial charge in [-0.1, -0.05) is 0 Å². The van der Waals surface area contributed by atoms with Crippen molar-refractivity contribution >= 4 is 27.9 Å². The molecule has 2 heterocycles. The lowest BCUT2D eigenvalue weighted by Crippen LogP contribution is -2.25. The van der Waals surface area contributed by atoms with Gasteiger partial charge in [0.05, 0.1) is 17.3 Å². The Morgan fingerprint density at radius 2 is 2.26 bits per heavy atom. The molecule has 6 heteroatoms. The number of carbonyl (C=O) groups is 1. The van der Waals surface area contributed by atoms with Gasteiger partial charge in [0.1, 0.15) is 4.88 Å². The van der Waals surface area contributed by atoms with E-state index in [1.54, 1.807) is 0 Å². The third-order valence-electron chi connectivity index (χ3n) is 3.40. The fourth-order valence-corrected chi connectivity index (χ4v) is 3.20. The second-order valence-corrected chi connectivity index (χ2v) is 6.10. The zero-order valence-electron chi connectivity index (χ0n) is 10.9. The van der Waals surface area contributed by atoms with Gasteiger partial charge in [0.2, 0.25) is 0 Å². The lowest BCUT2D eigenvalue weighted by molar-refractivity contribution is 0.0956. The molecule has 1 saturated heterocycles. The average molecular weight is 281 g/mol. The molecule has 0 atom stereocenters. The molecule has 0 aromatic carbocycles. The number of hydrogen-bond acceptors (Lipinski definition) is 5. The Balaban J connectivity index is 1.73. The topological polar surface area (TPSA) is 67.6 Å². The molecule has 5 nitrogen and oxygen atoms in total. The van der Waals surface area contributed by atoms with Crippen LogP contribution in [-0.2, 0) is 4.74 Å². The van der Waals surface area contributed by atoms with Gasteiger partial charge in [0.15, 0.2) is 0 Å². The quantitative estimate of drug-likeness (QED) is 0.880. The number of amides is 1. The summed E-state index contributed by atoms with van der Waals surface area (Å²) >= 11 is 1.49. The molecule has 2 aliphatic rings. The van der Waals surface area contributed by atoms with Crippen molar-refractivity contribution < 1.29 is 9.53 Å². The van der Waals surface area contributed by atoms with Crippen LogP contribution >= 0.6 is 11.3 Å². The van der Waals surface area contributed by atoms with Crippen LogP contribution in [0.2, 0.25) is 0 Å². The van der Waals surface area contributed by atoms with Crippen molar-refractivity contribution in [3.05, 3.63) is 10.9 Å². The number of thiophene rings is 1. The summed E-state index contributed by atoms with van der Waals surface area (Å²) < 4.78 is 5.44. The smallest absolute Gasteiger partial charge is 0.263 e. The molecule has 0 spiro atoms. The fraction of sp³-hybridized carbons (Fsp3) is 0.615. The zero-order valence-corrected chi connectivity index (χ0v) is 11.7. The Labute approximate surface area is 116 Å². The molecule has 104 valence electrons. The lowest BCUT2D eigenvalue weighted by atomic mass is 10.3. The van der Waals surface area contributed by atoms with Gasteiger partial charge in [-0.3, -0.25) is 4.79 Å². The highest BCUT2D eigenvalue weighted by molar-refractivity contribution is 7.18. The van der Waals surface area contributed by atoms with Gasteiger partial charge < -0.3 is 20.7 Å². The number of carbonyl (C=O) groups excluding carboxylic acids is 1. The Morgan fingerprint density at radius 3 is 3.05 bits per heavy atom. The summed E-state index contributed by atoms with van der Waals surface area (Å²) in [6.45, 7) is 3.38. The number of anilines is 2. The number of ether oxygens (including phenoxy) is 1. The monoisotopic (exact) mass is 281 g/mol. The molecule has 1 aromatic heterocycles. The maximum atomic E-state index is 12.1. The number of nitrogen functional groups attached to an aromatic ring is 1. The summed E-state index contributed by atoms with van der Waals surface area (Å²) in [5.74, 6) is -0.0256. The summed E-state index contributed by atoms with van der Waals surface area (Å²) in [5.41, 5.74) is 6.56. The average Bonchev–Trinajstić information content (AvgIpc) is 3.16. The molecule has 0 unspecified atom stereocenters. The SMILES string of the molecule is Nc1cc(N2CCCOCC2)sc1C(=O)NC1CC1. The molecule has 2 fully saturated rings. The first-order valence-corrected chi connectivity index (χ1v) is 7.58. The van der Waals surface area contributed by atoms with Crippen LogP contribution in [0.25, 0.3) is 0 Å². The minimum absolute atomic E-state index is 0.0256. The largest absolute Gasteiger partial charge is 0.397 e. The van der Waals surface area contributed by atoms with Crippen LogP contribution in [0, 0.1) is 0 Å². The highest BCUT2D eigenvalue weighted by Gasteiger charge is 2.26. The molecular weight excluding hydrogens is 262 g/mol. The summed E-state index contributed by atoms with van der Waals surface area (Å²) in [6.07, 6.45) is 3.20. The Morgan fingerprint density at radius 1 is 1.42 bits per heavy atom. The van der Waals surface area contributed by atoms with E-state index in [2.05, 4.69) is 10.2 Å². The standard InChI is InChI=1S/C13H19N3O2S/c14-10-8-11(16-4-1-6-18-7-5-16)19-12(10)13(17)15-9-2-3-9/h8-9H,1-7,14H2,(H,15,17). The Hall–Kier alpha value is -1.27. The van der Waals surface area contributed by atoms with Crippen molar-refractivity contribution in [3.8, 4) is 0 Å². The molecule has 3 rings (SSSR count). The first-order chi connectivity index (χ1) is 9.24. The molecule has 1 aliphatic heterocycles. The summed E-state index contributed by atoms with van der Waals surface area (Å²) in [6, 6.07) is 2.28. The van der Waals surface area contributed by atoms with E-state index in [0.29, 0.717) is 16.6 Å². The predicted molar refractivity (Wildman–Crippen MR) is 76.9 cm³/mol. The van der Waals surface area contributed by atoms with Crippen LogP contribution in [0.3, 0.4) is 0 Å². The van der Waals surface area contributed by atoms with E-state index in [4.69, 9.17) is 10.5 Å². The third-order valence-corrected chi connectivity index (χ3v) is 4.61. The van der Waals surface area contributed by atoms with Crippen molar-refractivity contribution in [1.29, 1.82) is 0 Å². The van der Waals surface area contributed by atoms with Crippen LogP contribution in [0.5, 0.6) is 0 Å². The van der Waals surface area contributed by atoms with Gasteiger partial charge in [-0.25, -0.2) is 0 Å². The van der Waals surface area contributed by atoms with E-state index in [-0.39, 0.29) is 5.91 Å². The van der Waals surface area contributed by atoms with Crippen LogP contribution in [0.1, 0.15) is 28.9 Å². The van der Waals surface area contributed by atoms with Crippen molar-refractivity contribution in [3.63, 3.8) is 0 Å². The Bertz CT molecular complexity index is 462. The first-order valence-electron chi connectivity index (χ1n) is 6.77. The molecule has 19 heavy (non-hydrogen) atoms. The van der Waals surface area contributed by atoms with Gasteiger partial charge >= 0.3 is 0 Å². The van der Waals surface area contributed by atoms with Gasteiger partial charge in [-0.15, -0.1) is 11.3 Å². The fourth-order valence-electron chi connectivity index (χ4n) is 2.17. The molecule has 1 aliphatic carbocycles. The van der Waals surface area contributed by atoms with Crippen molar-refractivity contribution in [2.75, 3.05) is 36.9 Å². The van der Waals surface area contributed by atoms with E-state index in [9.17, 15) is 4.79 Å². The third kappa shape index (κ3) is 3.01.